The molecule has 0 spiro atoms. The lowest BCUT2D eigenvalue weighted by Gasteiger charge is -2.12. The first kappa shape index (κ1) is 18.9. The molecule has 1 aromatic carbocycles. The molecule has 140 valence electrons. The Kier molecular flexibility index (Phi) is 6.05. The molecule has 0 aliphatic carbocycles. The van der Waals surface area contributed by atoms with E-state index in [-0.39, 0.29) is 5.91 Å². The molecule has 0 saturated carbocycles. The van der Waals surface area contributed by atoms with Crippen LogP contribution in [-0.2, 0) is 11.3 Å². The minimum Gasteiger partial charge on any atom is -0.383 e. The number of amides is 1. The lowest BCUT2D eigenvalue weighted by molar-refractivity contribution is 0.0951. The molecule has 3 rings (SSSR count). The fraction of sp³-hybridized carbons (Fsp3) is 0.211. The summed E-state index contributed by atoms with van der Waals surface area (Å²) in [5.74, 6) is 0.686. The fourth-order valence-electron chi connectivity index (χ4n) is 2.66. The number of aromatic nitrogens is 2. The van der Waals surface area contributed by atoms with Crippen LogP contribution in [0.4, 0.5) is 11.6 Å². The van der Waals surface area contributed by atoms with E-state index in [0.717, 1.165) is 16.3 Å². The molecule has 4 N–H and O–H groups in total. The summed E-state index contributed by atoms with van der Waals surface area (Å²) in [4.78, 5) is 20.9. The second-order valence-corrected chi connectivity index (χ2v) is 6.34. The van der Waals surface area contributed by atoms with Gasteiger partial charge in [-0.2, -0.15) is 0 Å². The predicted molar refractivity (Wildman–Crippen MR) is 107 cm³/mol. The van der Waals surface area contributed by atoms with E-state index in [1.807, 2.05) is 24.3 Å². The van der Waals surface area contributed by atoms with Crippen molar-refractivity contribution in [1.29, 1.82) is 0 Å². The Morgan fingerprint density at radius 1 is 1.26 bits per heavy atom. The lowest BCUT2D eigenvalue weighted by atomic mass is 10.1. The summed E-state index contributed by atoms with van der Waals surface area (Å²) in [6, 6.07) is 9.26. The van der Waals surface area contributed by atoms with E-state index in [0.29, 0.717) is 41.9 Å². The third-order valence-electron chi connectivity index (χ3n) is 4.01. The summed E-state index contributed by atoms with van der Waals surface area (Å²) in [6.07, 6.45) is 3.16. The average molecular weight is 386 g/mol. The maximum atomic E-state index is 12.6. The Balaban J connectivity index is 1.73. The molecule has 0 atom stereocenters. The number of benzene rings is 1. The highest BCUT2D eigenvalue weighted by Gasteiger charge is 2.13. The molecule has 1 amide bonds. The van der Waals surface area contributed by atoms with Gasteiger partial charge in [-0.3, -0.25) is 4.79 Å². The van der Waals surface area contributed by atoms with Crippen molar-refractivity contribution in [3.8, 4) is 0 Å². The molecule has 27 heavy (non-hydrogen) atoms. The zero-order valence-corrected chi connectivity index (χ0v) is 15.6. The Morgan fingerprint density at radius 2 is 2.11 bits per heavy atom. The van der Waals surface area contributed by atoms with Gasteiger partial charge in [0.25, 0.3) is 5.91 Å². The number of carbonyl (C=O) groups is 1. The van der Waals surface area contributed by atoms with Gasteiger partial charge in [0.15, 0.2) is 0 Å². The van der Waals surface area contributed by atoms with E-state index in [2.05, 4.69) is 20.6 Å². The summed E-state index contributed by atoms with van der Waals surface area (Å²) in [5.41, 5.74) is 7.20. The molecule has 0 aliphatic rings. The number of hydrogen-bond donors (Lipinski definition) is 3. The fourth-order valence-corrected chi connectivity index (χ4v) is 2.82. The molecule has 0 saturated heterocycles. The van der Waals surface area contributed by atoms with Crippen LogP contribution in [0.3, 0.4) is 0 Å². The Hall–Kier alpha value is -2.90. The SMILES string of the molecule is COCCNc1ncc(Cl)cc1C(=O)NCc1ccc2c(N)nccc2c1. The van der Waals surface area contributed by atoms with Crippen LogP contribution in [0.1, 0.15) is 15.9 Å². The number of rotatable bonds is 7. The van der Waals surface area contributed by atoms with Gasteiger partial charge in [-0.25, -0.2) is 9.97 Å². The first-order valence-electron chi connectivity index (χ1n) is 8.38. The third-order valence-corrected chi connectivity index (χ3v) is 4.22. The largest absolute Gasteiger partial charge is 0.383 e. The highest BCUT2D eigenvalue weighted by molar-refractivity contribution is 6.31. The maximum absolute atomic E-state index is 12.6. The monoisotopic (exact) mass is 385 g/mol. The number of halogens is 1. The molecule has 2 heterocycles. The van der Waals surface area contributed by atoms with Gasteiger partial charge in [-0.05, 0) is 29.1 Å². The number of ether oxygens (including phenoxy) is 1. The van der Waals surface area contributed by atoms with Crippen LogP contribution in [0.2, 0.25) is 5.02 Å². The number of nitrogen functional groups attached to an aromatic ring is 1. The van der Waals surface area contributed by atoms with Gasteiger partial charge in [0.1, 0.15) is 11.6 Å². The zero-order valence-electron chi connectivity index (χ0n) is 14.8. The normalized spacial score (nSPS) is 10.7. The summed E-state index contributed by atoms with van der Waals surface area (Å²) in [5, 5.41) is 8.22. The second-order valence-electron chi connectivity index (χ2n) is 5.90. The van der Waals surface area contributed by atoms with Crippen molar-refractivity contribution in [2.24, 2.45) is 0 Å². The maximum Gasteiger partial charge on any atom is 0.255 e. The van der Waals surface area contributed by atoms with Crippen LogP contribution in [0.25, 0.3) is 10.8 Å². The van der Waals surface area contributed by atoms with E-state index in [4.69, 9.17) is 22.1 Å². The number of nitrogens with two attached hydrogens (primary N) is 1. The van der Waals surface area contributed by atoms with Crippen molar-refractivity contribution in [3.63, 3.8) is 0 Å². The van der Waals surface area contributed by atoms with Crippen LogP contribution in [0.5, 0.6) is 0 Å². The molecule has 0 unspecified atom stereocenters. The van der Waals surface area contributed by atoms with E-state index in [1.165, 1.54) is 6.20 Å². The van der Waals surface area contributed by atoms with E-state index in [1.54, 1.807) is 19.4 Å². The van der Waals surface area contributed by atoms with Gasteiger partial charge in [0.05, 0.1) is 17.2 Å². The minimum atomic E-state index is -0.265. The quantitative estimate of drug-likeness (QED) is 0.540. The van der Waals surface area contributed by atoms with Crippen molar-refractivity contribution >= 4 is 39.9 Å². The second kappa shape index (κ2) is 8.66. The summed E-state index contributed by atoms with van der Waals surface area (Å²) < 4.78 is 5.01. The molecular formula is C19H20ClN5O2. The number of nitrogens with one attached hydrogen (secondary N) is 2. The number of anilines is 2. The van der Waals surface area contributed by atoms with Gasteiger partial charge in [0, 0.05) is 38.0 Å². The molecule has 2 aromatic heterocycles. The standard InChI is InChI=1S/C19H20ClN5O2/c1-27-7-6-23-18-16(9-14(20)11-24-18)19(26)25-10-12-2-3-15-13(8-12)4-5-22-17(15)21/h2-5,8-9,11H,6-7,10H2,1H3,(H2,21,22)(H,23,24)(H,25,26). The lowest BCUT2D eigenvalue weighted by Crippen LogP contribution is -2.25. The van der Waals surface area contributed by atoms with Gasteiger partial charge in [-0.15, -0.1) is 0 Å². The summed E-state index contributed by atoms with van der Waals surface area (Å²) >= 11 is 6.01. The first-order chi connectivity index (χ1) is 13.1. The number of methoxy groups -OCH3 is 1. The van der Waals surface area contributed by atoms with Gasteiger partial charge in [0.2, 0.25) is 0 Å². The molecule has 0 aliphatic heterocycles. The van der Waals surface area contributed by atoms with Crippen molar-refractivity contribution < 1.29 is 9.53 Å². The smallest absolute Gasteiger partial charge is 0.255 e. The molecule has 8 heteroatoms. The van der Waals surface area contributed by atoms with E-state index in [9.17, 15) is 4.79 Å². The average Bonchev–Trinajstić information content (AvgIpc) is 2.67. The van der Waals surface area contributed by atoms with Crippen molar-refractivity contribution in [1.82, 2.24) is 15.3 Å². The molecule has 3 aromatic rings. The Morgan fingerprint density at radius 3 is 2.93 bits per heavy atom. The zero-order chi connectivity index (χ0) is 19.2. The predicted octanol–water partition coefficient (Wildman–Crippen LogP) is 2.85. The molecule has 0 fully saturated rings. The van der Waals surface area contributed by atoms with Gasteiger partial charge < -0.3 is 21.1 Å². The minimum absolute atomic E-state index is 0.265. The van der Waals surface area contributed by atoms with E-state index >= 15 is 0 Å². The van der Waals surface area contributed by atoms with Crippen LogP contribution in [0, 0.1) is 0 Å². The topological polar surface area (TPSA) is 102 Å². The molecule has 7 nitrogen and oxygen atoms in total. The molecule has 0 radical (unpaired) electrons. The van der Waals surface area contributed by atoms with Crippen molar-refractivity contribution in [2.75, 3.05) is 31.3 Å². The van der Waals surface area contributed by atoms with Crippen LogP contribution < -0.4 is 16.4 Å². The number of pyridine rings is 2. The number of carbonyl (C=O) groups excluding carboxylic acids is 1. The molecular weight excluding hydrogens is 366 g/mol. The van der Waals surface area contributed by atoms with Crippen molar-refractivity contribution in [3.05, 3.63) is 58.9 Å². The van der Waals surface area contributed by atoms with Gasteiger partial charge >= 0.3 is 0 Å². The number of fused-ring (bicyclic) bond motifs is 1. The first-order valence-corrected chi connectivity index (χ1v) is 8.76. The van der Waals surface area contributed by atoms with E-state index < -0.39 is 0 Å². The van der Waals surface area contributed by atoms with Crippen molar-refractivity contribution in [2.45, 2.75) is 6.54 Å². The Labute approximate surface area is 161 Å². The highest BCUT2D eigenvalue weighted by Crippen LogP contribution is 2.21. The third kappa shape index (κ3) is 4.64. The highest BCUT2D eigenvalue weighted by atomic mass is 35.5. The van der Waals surface area contributed by atoms with Gasteiger partial charge in [-0.1, -0.05) is 23.7 Å². The van der Waals surface area contributed by atoms with Crippen LogP contribution >= 0.6 is 11.6 Å². The summed E-state index contributed by atoms with van der Waals surface area (Å²) in [7, 11) is 1.61. The van der Waals surface area contributed by atoms with Crippen LogP contribution in [-0.4, -0.2) is 36.1 Å². The Bertz CT molecular complexity index is 964. The molecule has 0 bridgehead atoms. The number of hydrogen-bond acceptors (Lipinski definition) is 6. The number of nitrogens with zero attached hydrogens (tertiary/aromatic N) is 2. The summed E-state index contributed by atoms with van der Waals surface area (Å²) in [6.45, 7) is 1.40. The van der Waals surface area contributed by atoms with Crippen LogP contribution in [0.15, 0.2) is 42.7 Å².